The number of aromatic nitrogens is 2. The molecule has 0 radical (unpaired) electrons. The predicted molar refractivity (Wildman–Crippen MR) is 517 cm³/mol. The normalized spacial score (nSPS) is 13.5. The van der Waals surface area contributed by atoms with Crippen LogP contribution in [0.3, 0.4) is 0 Å². The molecular formula is C116H85BN4O. The van der Waals surface area contributed by atoms with Gasteiger partial charge < -0.3 is 23.4 Å². The van der Waals surface area contributed by atoms with Gasteiger partial charge in [0, 0.05) is 88.7 Å². The van der Waals surface area contributed by atoms with E-state index in [2.05, 4.69) is 396 Å². The maximum Gasteiger partial charge on any atom is 0.252 e. The summed E-state index contributed by atoms with van der Waals surface area (Å²) < 4.78 is 87.7. The second-order valence-corrected chi connectivity index (χ2v) is 34.5. The van der Waals surface area contributed by atoms with Crippen molar-refractivity contribution in [2.24, 2.45) is 0 Å². The van der Waals surface area contributed by atoms with Gasteiger partial charge in [-0.3, -0.25) is 0 Å². The van der Waals surface area contributed by atoms with Crippen LogP contribution in [0, 0.1) is 0 Å². The number of nitrogens with zero attached hydrogens (tertiary/aromatic N) is 4. The molecule has 0 saturated heterocycles. The zero-order valence-electron chi connectivity index (χ0n) is 76.3. The highest BCUT2D eigenvalue weighted by Crippen LogP contribution is 2.57. The summed E-state index contributed by atoms with van der Waals surface area (Å²) in [6, 6.07) is 126. The van der Waals surface area contributed by atoms with E-state index >= 15 is 0 Å². The minimum atomic E-state index is -0.596. The number of rotatable bonds is 12. The first-order valence-electron chi connectivity index (χ1n) is 46.0. The number of para-hydroxylation sites is 5. The Bertz CT molecular complexity index is 8070. The summed E-state index contributed by atoms with van der Waals surface area (Å²) in [5, 5.41) is 4.15. The van der Waals surface area contributed by atoms with Crippen molar-refractivity contribution >= 4 is 123 Å². The topological polar surface area (TPSA) is 29.5 Å². The van der Waals surface area contributed by atoms with Gasteiger partial charge >= 0.3 is 0 Å². The molecule has 0 fully saturated rings. The van der Waals surface area contributed by atoms with Crippen LogP contribution in [-0.4, -0.2) is 15.8 Å². The lowest BCUT2D eigenvalue weighted by molar-refractivity contribution is 0.590. The number of hydrogen-bond donors (Lipinski definition) is 0. The summed E-state index contributed by atoms with van der Waals surface area (Å²) >= 11 is 0. The van der Waals surface area contributed by atoms with E-state index < -0.39 is 43.0 Å². The number of fused-ring (bicyclic) bond motifs is 13. The standard InChI is InChI=1S/C116H85BN4O/c1-115(2,3)86-55-48-74(49-56-86)83-66-94(76-30-12-7-13-31-76)113(95(67-83)77-32-14-8-15-33-77)120-106-70-82(80-54-63-111-99(65-80)93-43-25-29-47-110(93)122-111)52-60-100(106)117-101-61-59-89(119-102-44-26-22-40-90(102)91-41-23-27-45-103(91)119)73-107(101)121(109-72-85(71-108(120)112(109)117)81-53-62-105-98(64-81)92-42-24-28-46-104(92)118(105)88-38-20-11-21-39-88)114-96(78-34-16-9-17-35-78)68-84(69-97(114)79-36-18-10-19-37-79)75-50-57-87(58-51-75)116(4,5)6/h7-73H,1-6H3/i22D,23D,26D,27D,40D,41D,44D,45D. The third-order valence-corrected chi connectivity index (χ3v) is 25.3. The fourth-order valence-corrected chi connectivity index (χ4v) is 19.3. The highest BCUT2D eigenvalue weighted by molar-refractivity contribution is 7.00. The highest BCUT2D eigenvalue weighted by Gasteiger charge is 2.46. The molecule has 0 N–H and O–H groups in total. The van der Waals surface area contributed by atoms with Gasteiger partial charge in [0.1, 0.15) is 11.2 Å². The van der Waals surface area contributed by atoms with Crippen molar-refractivity contribution in [2.75, 3.05) is 9.80 Å². The van der Waals surface area contributed by atoms with Crippen LogP contribution in [0.4, 0.5) is 34.1 Å². The number of furan rings is 1. The van der Waals surface area contributed by atoms with Gasteiger partial charge in [0.2, 0.25) is 0 Å². The van der Waals surface area contributed by atoms with Crippen molar-refractivity contribution in [2.45, 2.75) is 52.4 Å². The third kappa shape index (κ3) is 11.9. The summed E-state index contributed by atoms with van der Waals surface area (Å²) in [6.07, 6.45) is 0. The van der Waals surface area contributed by atoms with Gasteiger partial charge in [-0.05, 0) is 220 Å². The summed E-state index contributed by atoms with van der Waals surface area (Å²) in [4.78, 5) is 5.06. The zero-order valence-corrected chi connectivity index (χ0v) is 68.3. The lowest BCUT2D eigenvalue weighted by atomic mass is 9.33. The van der Waals surface area contributed by atoms with E-state index in [0.717, 1.165) is 183 Å². The van der Waals surface area contributed by atoms with Crippen LogP contribution >= 0.6 is 0 Å². The van der Waals surface area contributed by atoms with Gasteiger partial charge in [0.15, 0.2) is 0 Å². The fourth-order valence-electron chi connectivity index (χ4n) is 19.3. The molecular weight excluding hydrogens is 1480 g/mol. The molecule has 0 spiro atoms. The Balaban J connectivity index is 0.916. The largest absolute Gasteiger partial charge is 0.456 e. The van der Waals surface area contributed by atoms with Crippen LogP contribution < -0.4 is 26.2 Å². The predicted octanol–water partition coefficient (Wildman–Crippen LogP) is 29.8. The third-order valence-electron chi connectivity index (χ3n) is 25.3. The number of hydrogen-bond acceptors (Lipinski definition) is 3. The molecule has 0 amide bonds. The molecule has 0 atom stereocenters. The Morgan fingerprint density at radius 3 is 1.16 bits per heavy atom. The van der Waals surface area contributed by atoms with Crippen molar-refractivity contribution in [3.63, 3.8) is 0 Å². The second-order valence-electron chi connectivity index (χ2n) is 34.5. The van der Waals surface area contributed by atoms with Gasteiger partial charge in [-0.1, -0.05) is 333 Å². The molecule has 122 heavy (non-hydrogen) atoms. The molecule has 5 heterocycles. The van der Waals surface area contributed by atoms with Gasteiger partial charge in [-0.2, -0.15) is 0 Å². The molecule has 2 aliphatic rings. The first kappa shape index (κ1) is 64.1. The first-order chi connectivity index (χ1) is 63.1. The number of benzene rings is 18. The Kier molecular flexibility index (Phi) is 14.9. The van der Waals surface area contributed by atoms with E-state index in [1.54, 1.807) is 4.57 Å². The number of anilines is 6. The van der Waals surface area contributed by atoms with Crippen LogP contribution in [0.15, 0.2) is 411 Å². The van der Waals surface area contributed by atoms with Gasteiger partial charge in [0.05, 0.1) is 44.4 Å². The van der Waals surface area contributed by atoms with Crippen LogP contribution in [-0.2, 0) is 10.8 Å². The van der Waals surface area contributed by atoms with Crippen molar-refractivity contribution in [3.8, 4) is 100 Å². The minimum Gasteiger partial charge on any atom is -0.456 e. The second kappa shape index (κ2) is 28.4. The van der Waals surface area contributed by atoms with E-state index in [9.17, 15) is 11.0 Å². The Morgan fingerprint density at radius 1 is 0.254 bits per heavy atom. The van der Waals surface area contributed by atoms with Crippen LogP contribution in [0.1, 0.15) is 63.6 Å². The minimum absolute atomic E-state index is 0.0108. The van der Waals surface area contributed by atoms with Crippen molar-refractivity contribution in [3.05, 3.63) is 417 Å². The quantitative estimate of drug-likeness (QED) is 0.114. The molecule has 23 rings (SSSR count). The molecule has 5 nitrogen and oxygen atoms in total. The summed E-state index contributed by atoms with van der Waals surface area (Å²) in [5.74, 6) is 0. The van der Waals surface area contributed by atoms with Crippen LogP contribution in [0.5, 0.6) is 0 Å². The Morgan fingerprint density at radius 2 is 0.631 bits per heavy atom. The van der Waals surface area contributed by atoms with E-state index in [1.807, 2.05) is 18.2 Å². The SMILES string of the molecule is [2H]c1c([2H])c([2H])c2c(c1[2H])c1c([2H])c([2H])c([2H])c([2H])c1n2-c1ccc2c(c1)N(c1c(-c3ccccc3)cc(-c3ccc(C(C)(C)C)cc3)cc1-c1ccccc1)c1cc(-c3ccc4c(c3)c3ccccc3n4-c3ccccc3)cc3c1B2c1ccc(-c2ccc4oc5ccccc5c4c2)cc1N3c1c(-c2ccccc2)cc(-c2ccc(C(C)(C)C)cc2)cc1-c1ccccc1. The molecule has 18 aromatic carbocycles. The average Bonchev–Trinajstić information content (AvgIpc) is 0.898. The van der Waals surface area contributed by atoms with Gasteiger partial charge in [-0.15, -0.1) is 0 Å². The molecule has 21 aromatic rings. The van der Waals surface area contributed by atoms with Crippen LogP contribution in [0.25, 0.3) is 166 Å². The van der Waals surface area contributed by atoms with Gasteiger partial charge in [-0.25, -0.2) is 0 Å². The molecule has 578 valence electrons. The van der Waals surface area contributed by atoms with Crippen LogP contribution in [0.2, 0.25) is 0 Å². The maximum atomic E-state index is 10.1. The van der Waals surface area contributed by atoms with Crippen molar-refractivity contribution < 1.29 is 15.4 Å². The molecule has 2 aliphatic heterocycles. The van der Waals surface area contributed by atoms with Crippen molar-refractivity contribution in [1.29, 1.82) is 0 Å². The molecule has 0 saturated carbocycles. The van der Waals surface area contributed by atoms with E-state index in [0.29, 0.717) is 11.4 Å². The summed E-state index contributed by atoms with van der Waals surface area (Å²) in [5.41, 5.74) is 31.1. The highest BCUT2D eigenvalue weighted by atomic mass is 16.3. The summed E-state index contributed by atoms with van der Waals surface area (Å²) in [6.45, 7) is 12.9. The first-order valence-corrected chi connectivity index (χ1v) is 42.0. The van der Waals surface area contributed by atoms with E-state index in [-0.39, 0.29) is 44.7 Å². The zero-order chi connectivity index (χ0) is 88.6. The molecule has 3 aromatic heterocycles. The van der Waals surface area contributed by atoms with E-state index in [4.69, 9.17) is 4.42 Å². The lowest BCUT2D eigenvalue weighted by Crippen LogP contribution is -2.61. The monoisotopic (exact) mass is 1570 g/mol. The van der Waals surface area contributed by atoms with Gasteiger partial charge in [0.25, 0.3) is 6.71 Å². The molecule has 0 unspecified atom stereocenters. The van der Waals surface area contributed by atoms with Crippen molar-refractivity contribution in [1.82, 2.24) is 9.13 Å². The molecule has 0 aliphatic carbocycles. The average molecular weight is 1570 g/mol. The maximum absolute atomic E-state index is 10.1. The Hall–Kier alpha value is -15.0. The molecule has 0 bridgehead atoms. The summed E-state index contributed by atoms with van der Waals surface area (Å²) in [7, 11) is 0. The lowest BCUT2D eigenvalue weighted by Gasteiger charge is -2.46. The van der Waals surface area contributed by atoms with E-state index in [1.165, 1.54) is 11.1 Å². The Labute approximate surface area is 722 Å². The molecule has 6 heteroatoms. The smallest absolute Gasteiger partial charge is 0.252 e. The fraction of sp³-hybridized carbons (Fsp3) is 0.0690.